The van der Waals surface area contributed by atoms with E-state index in [1.54, 1.807) is 16.0 Å². The van der Waals surface area contributed by atoms with E-state index in [4.69, 9.17) is 0 Å². The van der Waals surface area contributed by atoms with E-state index in [-0.39, 0.29) is 11.6 Å². The molecule has 0 bridgehead atoms. The van der Waals surface area contributed by atoms with Crippen molar-refractivity contribution in [2.75, 3.05) is 0 Å². The van der Waals surface area contributed by atoms with Crippen LogP contribution in [0.5, 0.6) is 0 Å². The summed E-state index contributed by atoms with van der Waals surface area (Å²) >= 11 is 1.58. The Bertz CT molecular complexity index is 742. The number of hydrogen-bond acceptors (Lipinski definition) is 4. The molecular formula is C15H13N3OS. The first-order chi connectivity index (χ1) is 9.65. The third kappa shape index (κ3) is 2.28. The van der Waals surface area contributed by atoms with Crippen LogP contribution >= 0.6 is 11.3 Å². The average Bonchev–Trinajstić information content (AvgIpc) is 3.08. The van der Waals surface area contributed by atoms with Crippen molar-refractivity contribution in [2.24, 2.45) is 0 Å². The third-order valence-electron chi connectivity index (χ3n) is 2.94. The number of carbonyl (C=O) groups excluding carboxylic acids is 1. The van der Waals surface area contributed by atoms with Gasteiger partial charge in [-0.25, -0.2) is 9.67 Å². The molecule has 0 N–H and O–H groups in total. The maximum Gasteiger partial charge on any atom is 0.218 e. The van der Waals surface area contributed by atoms with Crippen LogP contribution in [0.25, 0.3) is 16.4 Å². The average molecular weight is 283 g/mol. The van der Waals surface area contributed by atoms with Crippen LogP contribution < -0.4 is 0 Å². The maximum atomic E-state index is 11.5. The van der Waals surface area contributed by atoms with E-state index in [0.29, 0.717) is 5.82 Å². The normalized spacial score (nSPS) is 10.7. The summed E-state index contributed by atoms with van der Waals surface area (Å²) in [4.78, 5) is 16.9. The number of Topliss-reactive ketones (excluding diaryl/α,β-unsaturated/α-hetero) is 1. The Kier molecular flexibility index (Phi) is 3.20. The molecule has 2 aromatic heterocycles. The summed E-state index contributed by atoms with van der Waals surface area (Å²) in [7, 11) is 0. The Labute approximate surface area is 120 Å². The van der Waals surface area contributed by atoms with Crippen molar-refractivity contribution in [3.05, 3.63) is 53.2 Å². The minimum absolute atomic E-state index is 0.131. The second-order valence-corrected chi connectivity index (χ2v) is 5.49. The smallest absolute Gasteiger partial charge is 0.218 e. The van der Waals surface area contributed by atoms with Crippen molar-refractivity contribution in [1.29, 1.82) is 0 Å². The molecule has 20 heavy (non-hydrogen) atoms. The number of rotatable bonds is 3. The molecule has 0 unspecified atom stereocenters. The van der Waals surface area contributed by atoms with Gasteiger partial charge in [0.25, 0.3) is 0 Å². The van der Waals surface area contributed by atoms with Crippen LogP contribution in [0, 0.1) is 6.92 Å². The predicted molar refractivity (Wildman–Crippen MR) is 79.4 cm³/mol. The topological polar surface area (TPSA) is 47.8 Å². The summed E-state index contributed by atoms with van der Waals surface area (Å²) in [6.07, 6.45) is 0. The van der Waals surface area contributed by atoms with E-state index < -0.39 is 0 Å². The van der Waals surface area contributed by atoms with E-state index in [2.05, 4.69) is 10.1 Å². The van der Waals surface area contributed by atoms with Crippen molar-refractivity contribution < 1.29 is 4.79 Å². The number of thiophene rings is 1. The molecule has 0 aliphatic heterocycles. The molecule has 0 spiro atoms. The first-order valence-electron chi connectivity index (χ1n) is 6.24. The molecular weight excluding hydrogens is 270 g/mol. The molecule has 3 rings (SSSR count). The van der Waals surface area contributed by atoms with Crippen LogP contribution in [0.3, 0.4) is 0 Å². The van der Waals surface area contributed by atoms with Gasteiger partial charge in [-0.2, -0.15) is 0 Å². The standard InChI is InChI=1S/C15H13N3OS/c1-10-5-7-12(8-6-10)18-15(13-4-3-9-20-13)16-14(17-18)11(2)19/h3-9H,1-2H3. The number of aryl methyl sites for hydroxylation is 1. The summed E-state index contributed by atoms with van der Waals surface area (Å²) in [5.41, 5.74) is 2.08. The van der Waals surface area contributed by atoms with Crippen molar-refractivity contribution in [1.82, 2.24) is 14.8 Å². The van der Waals surface area contributed by atoms with Crippen LogP contribution in [-0.2, 0) is 0 Å². The molecule has 0 radical (unpaired) electrons. The first kappa shape index (κ1) is 12.7. The van der Waals surface area contributed by atoms with Gasteiger partial charge in [0.2, 0.25) is 5.82 Å². The zero-order chi connectivity index (χ0) is 14.1. The Balaban J connectivity index is 2.18. The van der Waals surface area contributed by atoms with E-state index >= 15 is 0 Å². The van der Waals surface area contributed by atoms with Crippen LogP contribution in [0.15, 0.2) is 41.8 Å². The number of nitrogens with zero attached hydrogens (tertiary/aromatic N) is 3. The molecule has 2 heterocycles. The Hall–Kier alpha value is -2.27. The third-order valence-corrected chi connectivity index (χ3v) is 3.81. The zero-order valence-corrected chi connectivity index (χ0v) is 12.0. The molecule has 0 fully saturated rings. The van der Waals surface area contributed by atoms with E-state index in [9.17, 15) is 4.79 Å². The summed E-state index contributed by atoms with van der Waals surface area (Å²) in [5, 5.41) is 6.31. The molecule has 5 heteroatoms. The quantitative estimate of drug-likeness (QED) is 0.691. The minimum atomic E-state index is -0.131. The first-order valence-corrected chi connectivity index (χ1v) is 7.12. The SMILES string of the molecule is CC(=O)c1nc(-c2cccs2)n(-c2ccc(C)cc2)n1. The highest BCUT2D eigenvalue weighted by atomic mass is 32.1. The van der Waals surface area contributed by atoms with E-state index in [1.165, 1.54) is 12.5 Å². The van der Waals surface area contributed by atoms with E-state index in [0.717, 1.165) is 10.6 Å². The molecule has 3 aromatic rings. The van der Waals surface area contributed by atoms with Gasteiger partial charge < -0.3 is 0 Å². The van der Waals surface area contributed by atoms with Crippen LogP contribution in [0.2, 0.25) is 0 Å². The van der Waals surface area contributed by atoms with Gasteiger partial charge in [-0.3, -0.25) is 4.79 Å². The van der Waals surface area contributed by atoms with Crippen molar-refractivity contribution in [2.45, 2.75) is 13.8 Å². The fourth-order valence-corrected chi connectivity index (χ4v) is 2.59. The zero-order valence-electron chi connectivity index (χ0n) is 11.2. The fourth-order valence-electron chi connectivity index (χ4n) is 1.89. The molecule has 100 valence electrons. The highest BCUT2D eigenvalue weighted by Gasteiger charge is 2.16. The summed E-state index contributed by atoms with van der Waals surface area (Å²) in [5.74, 6) is 0.816. The number of benzene rings is 1. The molecule has 0 atom stereocenters. The summed E-state index contributed by atoms with van der Waals surface area (Å²) < 4.78 is 1.72. The largest absolute Gasteiger partial charge is 0.291 e. The highest BCUT2D eigenvalue weighted by Crippen LogP contribution is 2.25. The highest BCUT2D eigenvalue weighted by molar-refractivity contribution is 7.13. The maximum absolute atomic E-state index is 11.5. The predicted octanol–water partition coefficient (Wildman–Crippen LogP) is 3.51. The van der Waals surface area contributed by atoms with Crippen molar-refractivity contribution in [3.8, 4) is 16.4 Å². The summed E-state index contributed by atoms with van der Waals surface area (Å²) in [6.45, 7) is 3.51. The van der Waals surface area contributed by atoms with Crippen LogP contribution in [0.4, 0.5) is 0 Å². The van der Waals surface area contributed by atoms with Gasteiger partial charge >= 0.3 is 0 Å². The number of hydrogen-bond donors (Lipinski definition) is 0. The Morgan fingerprint density at radius 3 is 2.55 bits per heavy atom. The van der Waals surface area contributed by atoms with Gasteiger partial charge in [-0.1, -0.05) is 23.8 Å². The summed E-state index contributed by atoms with van der Waals surface area (Å²) in [6, 6.07) is 11.9. The second-order valence-electron chi connectivity index (χ2n) is 4.54. The van der Waals surface area contributed by atoms with Crippen LogP contribution in [-0.4, -0.2) is 20.5 Å². The molecule has 0 saturated carbocycles. The van der Waals surface area contributed by atoms with Crippen LogP contribution in [0.1, 0.15) is 23.1 Å². The molecule has 0 saturated heterocycles. The Morgan fingerprint density at radius 2 is 1.95 bits per heavy atom. The molecule has 1 aromatic carbocycles. The van der Waals surface area contributed by atoms with Gasteiger partial charge in [-0.05, 0) is 30.5 Å². The van der Waals surface area contributed by atoms with E-state index in [1.807, 2.05) is 48.7 Å². The minimum Gasteiger partial charge on any atom is -0.291 e. The lowest BCUT2D eigenvalue weighted by Crippen LogP contribution is -2.00. The number of aromatic nitrogens is 3. The number of carbonyl (C=O) groups is 1. The molecule has 0 aliphatic rings. The fraction of sp³-hybridized carbons (Fsp3) is 0.133. The lowest BCUT2D eigenvalue weighted by Gasteiger charge is -2.04. The Morgan fingerprint density at radius 1 is 1.20 bits per heavy atom. The van der Waals surface area contributed by atoms with Gasteiger partial charge in [0.1, 0.15) is 0 Å². The van der Waals surface area contributed by atoms with Gasteiger partial charge in [0.15, 0.2) is 11.6 Å². The van der Waals surface area contributed by atoms with Gasteiger partial charge in [0.05, 0.1) is 10.6 Å². The van der Waals surface area contributed by atoms with Crippen molar-refractivity contribution in [3.63, 3.8) is 0 Å². The van der Waals surface area contributed by atoms with Gasteiger partial charge in [0, 0.05) is 6.92 Å². The number of ketones is 1. The lowest BCUT2D eigenvalue weighted by atomic mass is 10.2. The monoisotopic (exact) mass is 283 g/mol. The lowest BCUT2D eigenvalue weighted by molar-refractivity contribution is 0.100. The van der Waals surface area contributed by atoms with Crippen molar-refractivity contribution >= 4 is 17.1 Å². The molecule has 0 amide bonds. The van der Waals surface area contributed by atoms with Gasteiger partial charge in [-0.15, -0.1) is 16.4 Å². The molecule has 0 aliphatic carbocycles. The molecule has 4 nitrogen and oxygen atoms in total. The second kappa shape index (κ2) is 5.02.